The van der Waals surface area contributed by atoms with Crippen molar-refractivity contribution in [1.29, 1.82) is 0 Å². The SMILES string of the molecule is COc1ccc(C(=O)C2CCN(C(=O)c3n[nH]c(=O)c4ccccc34)CC2)cc1. The molecule has 0 aliphatic carbocycles. The number of nitrogens with zero attached hydrogens (tertiary/aromatic N) is 2. The number of rotatable bonds is 4. The van der Waals surface area contributed by atoms with Gasteiger partial charge in [0.05, 0.1) is 12.5 Å². The van der Waals surface area contributed by atoms with Gasteiger partial charge in [0, 0.05) is 30.0 Å². The number of hydrogen-bond donors (Lipinski definition) is 1. The maximum atomic E-state index is 13.0. The number of nitrogens with one attached hydrogen (secondary N) is 1. The van der Waals surface area contributed by atoms with E-state index >= 15 is 0 Å². The van der Waals surface area contributed by atoms with Crippen LogP contribution in [0.2, 0.25) is 0 Å². The van der Waals surface area contributed by atoms with E-state index < -0.39 is 0 Å². The summed E-state index contributed by atoms with van der Waals surface area (Å²) in [5.74, 6) is 0.454. The summed E-state index contributed by atoms with van der Waals surface area (Å²) in [6.07, 6.45) is 1.19. The van der Waals surface area contributed by atoms with Gasteiger partial charge in [0.15, 0.2) is 11.5 Å². The highest BCUT2D eigenvalue weighted by molar-refractivity contribution is 6.05. The number of amides is 1. The quantitative estimate of drug-likeness (QED) is 0.691. The van der Waals surface area contributed by atoms with Crippen molar-refractivity contribution in [3.63, 3.8) is 0 Å². The van der Waals surface area contributed by atoms with Crippen molar-refractivity contribution in [2.45, 2.75) is 12.8 Å². The van der Waals surface area contributed by atoms with E-state index in [9.17, 15) is 14.4 Å². The van der Waals surface area contributed by atoms with Gasteiger partial charge >= 0.3 is 0 Å². The van der Waals surface area contributed by atoms with Crippen molar-refractivity contribution >= 4 is 22.5 Å². The first-order valence-corrected chi connectivity index (χ1v) is 9.53. The van der Waals surface area contributed by atoms with E-state index in [2.05, 4.69) is 10.2 Å². The fourth-order valence-corrected chi connectivity index (χ4v) is 3.76. The van der Waals surface area contributed by atoms with Gasteiger partial charge < -0.3 is 9.64 Å². The third kappa shape index (κ3) is 3.63. The molecule has 1 N–H and O–H groups in total. The number of piperidine rings is 1. The van der Waals surface area contributed by atoms with Crippen molar-refractivity contribution in [2.75, 3.05) is 20.2 Å². The number of fused-ring (bicyclic) bond motifs is 1. The number of ketones is 1. The van der Waals surface area contributed by atoms with Crippen molar-refractivity contribution < 1.29 is 14.3 Å². The summed E-state index contributed by atoms with van der Waals surface area (Å²) in [5.41, 5.74) is 0.574. The van der Waals surface area contributed by atoms with Gasteiger partial charge in [-0.05, 0) is 43.2 Å². The lowest BCUT2D eigenvalue weighted by atomic mass is 9.88. The lowest BCUT2D eigenvalue weighted by molar-refractivity contribution is 0.0646. The highest BCUT2D eigenvalue weighted by atomic mass is 16.5. The number of carbonyl (C=O) groups is 2. The zero-order chi connectivity index (χ0) is 20.4. The Bertz CT molecular complexity index is 1110. The Morgan fingerprint density at radius 3 is 2.34 bits per heavy atom. The number of benzene rings is 2. The zero-order valence-corrected chi connectivity index (χ0v) is 16.1. The minimum atomic E-state index is -0.319. The fraction of sp³-hybridized carbons (Fsp3) is 0.273. The second-order valence-corrected chi connectivity index (χ2v) is 7.11. The molecule has 3 aromatic rings. The number of ether oxygens (including phenoxy) is 1. The van der Waals surface area contributed by atoms with Gasteiger partial charge in [-0.15, -0.1) is 0 Å². The van der Waals surface area contributed by atoms with Gasteiger partial charge in [-0.2, -0.15) is 5.10 Å². The summed E-state index contributed by atoms with van der Waals surface area (Å²) in [5, 5.41) is 7.38. The molecule has 29 heavy (non-hydrogen) atoms. The van der Waals surface area contributed by atoms with Crippen LogP contribution < -0.4 is 10.3 Å². The largest absolute Gasteiger partial charge is 0.497 e. The molecule has 2 aromatic carbocycles. The number of Topliss-reactive ketones (excluding diaryl/α,β-unsaturated/α-hetero) is 1. The Morgan fingerprint density at radius 2 is 1.69 bits per heavy atom. The van der Waals surface area contributed by atoms with E-state index in [0.717, 1.165) is 0 Å². The Morgan fingerprint density at radius 1 is 1.03 bits per heavy atom. The van der Waals surface area contributed by atoms with Crippen LogP contribution in [0, 0.1) is 5.92 Å². The summed E-state index contributed by atoms with van der Waals surface area (Å²) in [4.78, 5) is 39.4. The molecule has 1 aliphatic heterocycles. The zero-order valence-electron chi connectivity index (χ0n) is 16.1. The Kier molecular flexibility index (Phi) is 5.12. The smallest absolute Gasteiger partial charge is 0.274 e. The fourth-order valence-electron chi connectivity index (χ4n) is 3.76. The molecule has 1 aromatic heterocycles. The van der Waals surface area contributed by atoms with Crippen LogP contribution >= 0.6 is 0 Å². The number of likely N-dealkylation sites (tertiary alicyclic amines) is 1. The third-order valence-electron chi connectivity index (χ3n) is 5.43. The lowest BCUT2D eigenvalue weighted by Crippen LogP contribution is -2.41. The number of aromatic amines is 1. The maximum Gasteiger partial charge on any atom is 0.274 e. The molecule has 0 unspecified atom stereocenters. The Hall–Kier alpha value is -3.48. The molecule has 7 nitrogen and oxygen atoms in total. The topological polar surface area (TPSA) is 92.4 Å². The summed E-state index contributed by atoms with van der Waals surface area (Å²) < 4.78 is 5.13. The molecule has 148 valence electrons. The van der Waals surface area contributed by atoms with Gasteiger partial charge in [0.2, 0.25) is 0 Å². The Balaban J connectivity index is 1.47. The first-order chi connectivity index (χ1) is 14.1. The predicted molar refractivity (Wildman–Crippen MR) is 108 cm³/mol. The van der Waals surface area contributed by atoms with E-state index in [-0.39, 0.29) is 28.9 Å². The van der Waals surface area contributed by atoms with Crippen molar-refractivity contribution in [3.8, 4) is 5.75 Å². The Labute approximate surface area is 167 Å². The molecule has 0 radical (unpaired) electrons. The summed E-state index contributed by atoms with van der Waals surface area (Å²) in [7, 11) is 1.59. The molecular weight excluding hydrogens is 370 g/mol. The van der Waals surface area contributed by atoms with Gasteiger partial charge in [-0.1, -0.05) is 18.2 Å². The van der Waals surface area contributed by atoms with Crippen LogP contribution in [-0.2, 0) is 0 Å². The number of H-pyrrole nitrogens is 1. The molecule has 0 spiro atoms. The number of carbonyl (C=O) groups excluding carboxylic acids is 2. The van der Waals surface area contributed by atoms with E-state index in [1.54, 1.807) is 60.5 Å². The lowest BCUT2D eigenvalue weighted by Gasteiger charge is -2.31. The monoisotopic (exact) mass is 391 g/mol. The number of methoxy groups -OCH3 is 1. The summed E-state index contributed by atoms with van der Waals surface area (Å²) in [6, 6.07) is 14.0. The van der Waals surface area contributed by atoms with Crippen LogP contribution in [0.15, 0.2) is 53.3 Å². The third-order valence-corrected chi connectivity index (χ3v) is 5.43. The van der Waals surface area contributed by atoms with Crippen LogP contribution in [0.4, 0.5) is 0 Å². The van der Waals surface area contributed by atoms with E-state index in [4.69, 9.17) is 4.74 Å². The molecule has 1 saturated heterocycles. The standard InChI is InChI=1S/C22H21N3O4/c1-29-16-8-6-14(7-9-16)20(26)15-10-12-25(13-11-15)22(28)19-17-4-2-3-5-18(17)21(27)24-23-19/h2-9,15H,10-13H2,1H3,(H,24,27). The van der Waals surface area contributed by atoms with Gasteiger partial charge in [0.25, 0.3) is 11.5 Å². The van der Waals surface area contributed by atoms with Crippen LogP contribution in [0.5, 0.6) is 5.75 Å². The average Bonchev–Trinajstić information content (AvgIpc) is 2.79. The number of aromatic nitrogens is 2. The van der Waals surface area contributed by atoms with Gasteiger partial charge in [-0.3, -0.25) is 14.4 Å². The van der Waals surface area contributed by atoms with Crippen molar-refractivity contribution in [3.05, 3.63) is 70.1 Å². The number of hydrogen-bond acceptors (Lipinski definition) is 5. The van der Waals surface area contributed by atoms with Crippen LogP contribution in [0.25, 0.3) is 10.8 Å². The molecule has 4 rings (SSSR count). The second kappa shape index (κ2) is 7.87. The molecule has 0 bridgehead atoms. The van der Waals surface area contributed by atoms with Crippen LogP contribution in [0.3, 0.4) is 0 Å². The minimum Gasteiger partial charge on any atom is -0.497 e. The molecule has 1 amide bonds. The molecule has 7 heteroatoms. The van der Waals surface area contributed by atoms with E-state index in [0.29, 0.717) is 48.0 Å². The van der Waals surface area contributed by atoms with E-state index in [1.807, 2.05) is 0 Å². The first kappa shape index (κ1) is 18.9. The van der Waals surface area contributed by atoms with E-state index in [1.165, 1.54) is 0 Å². The molecule has 2 heterocycles. The first-order valence-electron chi connectivity index (χ1n) is 9.53. The molecule has 0 saturated carbocycles. The summed E-state index contributed by atoms with van der Waals surface area (Å²) >= 11 is 0. The normalized spacial score (nSPS) is 14.7. The minimum absolute atomic E-state index is 0.0902. The highest BCUT2D eigenvalue weighted by Crippen LogP contribution is 2.24. The summed E-state index contributed by atoms with van der Waals surface area (Å²) in [6.45, 7) is 0.945. The average molecular weight is 391 g/mol. The predicted octanol–water partition coefficient (Wildman–Crippen LogP) is 2.67. The molecule has 0 atom stereocenters. The maximum absolute atomic E-state index is 13.0. The van der Waals surface area contributed by atoms with Gasteiger partial charge in [0.1, 0.15) is 5.75 Å². The molecule has 1 fully saturated rings. The molecule has 1 aliphatic rings. The molecular formula is C22H21N3O4. The highest BCUT2D eigenvalue weighted by Gasteiger charge is 2.29. The van der Waals surface area contributed by atoms with Crippen molar-refractivity contribution in [2.24, 2.45) is 5.92 Å². The van der Waals surface area contributed by atoms with Crippen LogP contribution in [-0.4, -0.2) is 47.0 Å². The second-order valence-electron chi connectivity index (χ2n) is 7.11. The van der Waals surface area contributed by atoms with Gasteiger partial charge in [-0.25, -0.2) is 5.10 Å². The van der Waals surface area contributed by atoms with Crippen molar-refractivity contribution in [1.82, 2.24) is 15.1 Å². The van der Waals surface area contributed by atoms with Crippen LogP contribution in [0.1, 0.15) is 33.7 Å².